The molecule has 4 atom stereocenters. The van der Waals surface area contributed by atoms with Crippen LogP contribution in [-0.2, 0) is 0 Å². The molecule has 2 nitrogen and oxygen atoms in total. The van der Waals surface area contributed by atoms with Crippen LogP contribution in [0, 0.1) is 23.7 Å². The predicted octanol–water partition coefficient (Wildman–Crippen LogP) is 0.550. The van der Waals surface area contributed by atoms with Gasteiger partial charge >= 0.3 is 0 Å². The van der Waals surface area contributed by atoms with Gasteiger partial charge in [0, 0.05) is 5.92 Å². The van der Waals surface area contributed by atoms with Crippen molar-refractivity contribution in [2.75, 3.05) is 0 Å². The fraction of sp³-hybridized carbons (Fsp3) is 0.800. The molecule has 0 bridgehead atoms. The van der Waals surface area contributed by atoms with E-state index in [-0.39, 0.29) is 18.1 Å². The van der Waals surface area contributed by atoms with E-state index in [0.717, 1.165) is 12.8 Å². The Kier molecular flexibility index (Phi) is 1.25. The highest BCUT2D eigenvalue weighted by Gasteiger charge is 2.54. The minimum Gasteiger partial charge on any atom is -0.393 e. The molecular formula is C10H14O2. The second kappa shape index (κ2) is 2.12. The molecule has 0 aromatic heterocycles. The molecule has 2 saturated carbocycles. The maximum Gasteiger partial charge on any atom is 0.0601 e. The highest BCUT2D eigenvalue weighted by Crippen LogP contribution is 2.55. The van der Waals surface area contributed by atoms with Crippen molar-refractivity contribution in [3.05, 3.63) is 12.2 Å². The van der Waals surface area contributed by atoms with Crippen molar-refractivity contribution in [2.45, 2.75) is 25.0 Å². The van der Waals surface area contributed by atoms with Gasteiger partial charge in [-0.1, -0.05) is 12.2 Å². The van der Waals surface area contributed by atoms with E-state index >= 15 is 0 Å². The standard InChI is InChI=1S/C10H14O2/c11-7-3-5-1-2-6-4-8(12)10(7)9(5)6/h1-2,5-12H,3-4H2. The number of aliphatic hydroxyl groups is 2. The zero-order chi connectivity index (χ0) is 8.29. The second-order valence-corrected chi connectivity index (χ2v) is 4.47. The minimum atomic E-state index is -0.245. The van der Waals surface area contributed by atoms with Crippen LogP contribution in [0.15, 0.2) is 12.2 Å². The van der Waals surface area contributed by atoms with E-state index in [0.29, 0.717) is 17.8 Å². The summed E-state index contributed by atoms with van der Waals surface area (Å²) in [6, 6.07) is 0. The minimum absolute atomic E-state index is 0.176. The van der Waals surface area contributed by atoms with Gasteiger partial charge in [0.15, 0.2) is 0 Å². The Bertz CT molecular complexity index is 214. The normalized spacial score (nSPS) is 61.2. The highest BCUT2D eigenvalue weighted by molar-refractivity contribution is 5.18. The molecule has 0 aromatic rings. The Morgan fingerprint density at radius 2 is 1.33 bits per heavy atom. The van der Waals surface area contributed by atoms with Crippen molar-refractivity contribution in [3.63, 3.8) is 0 Å². The lowest BCUT2D eigenvalue weighted by molar-refractivity contribution is 0.0401. The summed E-state index contributed by atoms with van der Waals surface area (Å²) in [4.78, 5) is 0. The van der Waals surface area contributed by atoms with E-state index in [1.54, 1.807) is 0 Å². The summed E-state index contributed by atoms with van der Waals surface area (Å²) in [7, 11) is 0. The lowest BCUT2D eigenvalue weighted by Crippen LogP contribution is -2.25. The van der Waals surface area contributed by atoms with Crippen molar-refractivity contribution in [2.24, 2.45) is 23.7 Å². The summed E-state index contributed by atoms with van der Waals surface area (Å²) in [5.41, 5.74) is 0. The van der Waals surface area contributed by atoms with Crippen LogP contribution in [-0.4, -0.2) is 22.4 Å². The first kappa shape index (κ1) is 7.10. The smallest absolute Gasteiger partial charge is 0.0601 e. The lowest BCUT2D eigenvalue weighted by Gasteiger charge is -2.17. The zero-order valence-electron chi connectivity index (χ0n) is 6.93. The zero-order valence-corrected chi connectivity index (χ0v) is 6.93. The molecule has 3 rings (SSSR count). The van der Waals surface area contributed by atoms with Gasteiger partial charge in [0.1, 0.15) is 0 Å². The molecule has 2 heteroatoms. The molecule has 66 valence electrons. The van der Waals surface area contributed by atoms with Gasteiger partial charge in [-0.25, -0.2) is 0 Å². The van der Waals surface area contributed by atoms with Crippen molar-refractivity contribution in [1.82, 2.24) is 0 Å². The predicted molar refractivity (Wildman–Crippen MR) is 44.3 cm³/mol. The molecular weight excluding hydrogens is 152 g/mol. The number of hydrogen-bond donors (Lipinski definition) is 2. The molecule has 0 saturated heterocycles. The van der Waals surface area contributed by atoms with Crippen molar-refractivity contribution < 1.29 is 10.2 Å². The summed E-state index contributed by atoms with van der Waals surface area (Å²) in [6.45, 7) is 0. The molecule has 0 spiro atoms. The van der Waals surface area contributed by atoms with Gasteiger partial charge < -0.3 is 10.2 Å². The van der Waals surface area contributed by atoms with Gasteiger partial charge in [0.2, 0.25) is 0 Å². The molecule has 2 N–H and O–H groups in total. The SMILES string of the molecule is OC1CC2C=CC3CC(O)C1C23. The number of hydrogen-bond acceptors (Lipinski definition) is 2. The van der Waals surface area contributed by atoms with Crippen LogP contribution in [0.5, 0.6) is 0 Å². The van der Waals surface area contributed by atoms with E-state index in [2.05, 4.69) is 12.2 Å². The van der Waals surface area contributed by atoms with Crippen molar-refractivity contribution >= 4 is 0 Å². The number of allylic oxidation sites excluding steroid dienone is 2. The largest absolute Gasteiger partial charge is 0.393 e. The fourth-order valence-electron chi connectivity index (χ4n) is 3.54. The quantitative estimate of drug-likeness (QED) is 0.516. The van der Waals surface area contributed by atoms with Crippen LogP contribution in [0.25, 0.3) is 0 Å². The monoisotopic (exact) mass is 166 g/mol. The van der Waals surface area contributed by atoms with E-state index in [1.807, 2.05) is 0 Å². The molecule has 0 aromatic carbocycles. The van der Waals surface area contributed by atoms with Crippen molar-refractivity contribution in [1.29, 1.82) is 0 Å². The first-order valence-corrected chi connectivity index (χ1v) is 4.82. The average molecular weight is 166 g/mol. The number of rotatable bonds is 0. The summed E-state index contributed by atoms with van der Waals surface area (Å²) < 4.78 is 0. The highest BCUT2D eigenvalue weighted by atomic mass is 16.3. The van der Waals surface area contributed by atoms with E-state index in [4.69, 9.17) is 0 Å². The first-order chi connectivity index (χ1) is 5.77. The Morgan fingerprint density at radius 3 is 1.83 bits per heavy atom. The van der Waals surface area contributed by atoms with Crippen LogP contribution in [0.1, 0.15) is 12.8 Å². The lowest BCUT2D eigenvalue weighted by atomic mass is 9.91. The average Bonchev–Trinajstić information content (AvgIpc) is 2.57. The van der Waals surface area contributed by atoms with Gasteiger partial charge in [0.05, 0.1) is 12.2 Å². The van der Waals surface area contributed by atoms with Crippen LogP contribution in [0.2, 0.25) is 0 Å². The molecule has 2 fully saturated rings. The van der Waals surface area contributed by atoms with Crippen LogP contribution >= 0.6 is 0 Å². The third kappa shape index (κ3) is 0.679. The maximum atomic E-state index is 9.70. The number of aliphatic hydroxyl groups excluding tert-OH is 2. The van der Waals surface area contributed by atoms with Gasteiger partial charge in [0.25, 0.3) is 0 Å². The van der Waals surface area contributed by atoms with Crippen LogP contribution < -0.4 is 0 Å². The van der Waals surface area contributed by atoms with Crippen LogP contribution in [0.4, 0.5) is 0 Å². The first-order valence-electron chi connectivity index (χ1n) is 4.82. The van der Waals surface area contributed by atoms with E-state index < -0.39 is 0 Å². The second-order valence-electron chi connectivity index (χ2n) is 4.47. The molecule has 4 unspecified atom stereocenters. The molecule has 3 aliphatic rings. The van der Waals surface area contributed by atoms with Gasteiger partial charge in [-0.2, -0.15) is 0 Å². The molecule has 3 aliphatic carbocycles. The maximum absolute atomic E-state index is 9.70. The third-order valence-corrected chi connectivity index (χ3v) is 3.95. The molecule has 12 heavy (non-hydrogen) atoms. The van der Waals surface area contributed by atoms with E-state index in [1.165, 1.54) is 0 Å². The molecule has 0 radical (unpaired) electrons. The van der Waals surface area contributed by atoms with Gasteiger partial charge in [-0.05, 0) is 30.6 Å². The Labute approximate surface area is 71.9 Å². The Morgan fingerprint density at radius 1 is 0.833 bits per heavy atom. The van der Waals surface area contributed by atoms with Gasteiger partial charge in [-0.15, -0.1) is 0 Å². The third-order valence-electron chi connectivity index (χ3n) is 3.95. The summed E-state index contributed by atoms with van der Waals surface area (Å²) >= 11 is 0. The van der Waals surface area contributed by atoms with Gasteiger partial charge in [-0.3, -0.25) is 0 Å². The summed E-state index contributed by atoms with van der Waals surface area (Å²) in [6.07, 6.45) is 5.74. The topological polar surface area (TPSA) is 40.5 Å². The Balaban J connectivity index is 1.99. The summed E-state index contributed by atoms with van der Waals surface area (Å²) in [5, 5.41) is 19.4. The molecule has 0 amide bonds. The molecule has 0 aliphatic heterocycles. The Hall–Kier alpha value is -0.340. The summed E-state index contributed by atoms with van der Waals surface area (Å²) in [5.74, 6) is 1.87. The van der Waals surface area contributed by atoms with Crippen LogP contribution in [0.3, 0.4) is 0 Å². The molecule has 0 heterocycles. The van der Waals surface area contributed by atoms with E-state index in [9.17, 15) is 10.2 Å². The van der Waals surface area contributed by atoms with Crippen molar-refractivity contribution in [3.8, 4) is 0 Å². The fourth-order valence-corrected chi connectivity index (χ4v) is 3.54.